The molecular weight excluding hydrogens is 236 g/mol. The summed E-state index contributed by atoms with van der Waals surface area (Å²) < 4.78 is 0. The summed E-state index contributed by atoms with van der Waals surface area (Å²) in [5.74, 6) is 0.664. The third kappa shape index (κ3) is 3.67. The number of hydrogen-bond donors (Lipinski definition) is 2. The molecule has 0 amide bonds. The van der Waals surface area contributed by atoms with Crippen molar-refractivity contribution in [2.45, 2.75) is 39.8 Å². The zero-order chi connectivity index (χ0) is 13.8. The molecule has 0 radical (unpaired) electrons. The molecule has 2 N–H and O–H groups in total. The fourth-order valence-electron chi connectivity index (χ4n) is 2.40. The summed E-state index contributed by atoms with van der Waals surface area (Å²) >= 11 is 0. The zero-order valence-electron chi connectivity index (χ0n) is 11.9. The smallest absolute Gasteiger partial charge is 0.252 e. The molecule has 2 rings (SSSR count). The second-order valence-electron chi connectivity index (χ2n) is 5.62. The second kappa shape index (κ2) is 6.02. The number of hydrogen-bond acceptors (Lipinski definition) is 2. The summed E-state index contributed by atoms with van der Waals surface area (Å²) in [4.78, 5) is 14.9. The number of aromatic nitrogens is 1. The zero-order valence-corrected chi connectivity index (χ0v) is 11.9. The number of aromatic amines is 1. The maximum Gasteiger partial charge on any atom is 0.252 e. The Morgan fingerprint density at radius 3 is 2.68 bits per heavy atom. The largest absolute Gasteiger partial charge is 0.322 e. The molecule has 0 fully saturated rings. The van der Waals surface area contributed by atoms with E-state index in [9.17, 15) is 4.79 Å². The first-order valence-electron chi connectivity index (χ1n) is 6.90. The Hall–Kier alpha value is -1.61. The Morgan fingerprint density at radius 2 is 1.95 bits per heavy atom. The van der Waals surface area contributed by atoms with Crippen LogP contribution in [0.25, 0.3) is 10.9 Å². The highest BCUT2D eigenvalue weighted by molar-refractivity contribution is 5.78. The van der Waals surface area contributed by atoms with Gasteiger partial charge in [0.15, 0.2) is 0 Å². The van der Waals surface area contributed by atoms with Crippen molar-refractivity contribution in [2.24, 2.45) is 5.92 Å². The van der Waals surface area contributed by atoms with Gasteiger partial charge in [-0.25, -0.2) is 0 Å². The molecule has 2 aromatic rings. The summed E-state index contributed by atoms with van der Waals surface area (Å²) in [5.41, 5.74) is 1.70. The summed E-state index contributed by atoms with van der Waals surface area (Å²) in [5, 5.41) is 4.49. The molecule has 1 atom stereocenters. The summed E-state index contributed by atoms with van der Waals surface area (Å²) in [6.07, 6.45) is 1.12. The molecule has 1 unspecified atom stereocenters. The first kappa shape index (κ1) is 13.8. The highest BCUT2D eigenvalue weighted by Gasteiger charge is 2.07. The number of pyridine rings is 1. The number of para-hydroxylation sites is 1. The minimum Gasteiger partial charge on any atom is -0.322 e. The SMILES string of the molecule is CC(C)CC(C)NCc1cc2ccccc2[nH]c1=O. The van der Waals surface area contributed by atoms with Crippen molar-refractivity contribution in [1.29, 1.82) is 0 Å². The summed E-state index contributed by atoms with van der Waals surface area (Å²) in [7, 11) is 0. The first-order valence-corrected chi connectivity index (χ1v) is 6.90. The van der Waals surface area contributed by atoms with E-state index in [2.05, 4.69) is 31.1 Å². The van der Waals surface area contributed by atoms with Crippen LogP contribution in [0.4, 0.5) is 0 Å². The molecule has 1 heterocycles. The van der Waals surface area contributed by atoms with Crippen LogP contribution in [-0.4, -0.2) is 11.0 Å². The Bertz CT molecular complexity index is 601. The fourth-order valence-corrected chi connectivity index (χ4v) is 2.40. The molecular formula is C16H22N2O. The lowest BCUT2D eigenvalue weighted by molar-refractivity contribution is 0.441. The minimum atomic E-state index is 0.00273. The maximum absolute atomic E-state index is 12.0. The quantitative estimate of drug-likeness (QED) is 0.865. The Labute approximate surface area is 114 Å². The molecule has 0 aliphatic rings. The van der Waals surface area contributed by atoms with Crippen molar-refractivity contribution >= 4 is 10.9 Å². The first-order chi connectivity index (χ1) is 9.06. The Kier molecular flexibility index (Phi) is 4.38. The molecule has 102 valence electrons. The average Bonchev–Trinajstić information content (AvgIpc) is 2.35. The third-order valence-electron chi connectivity index (χ3n) is 3.30. The number of H-pyrrole nitrogens is 1. The molecule has 1 aromatic heterocycles. The van der Waals surface area contributed by atoms with Crippen LogP contribution in [0.3, 0.4) is 0 Å². The van der Waals surface area contributed by atoms with Gasteiger partial charge in [-0.1, -0.05) is 32.0 Å². The van der Waals surface area contributed by atoms with Gasteiger partial charge in [-0.3, -0.25) is 4.79 Å². The minimum absolute atomic E-state index is 0.00273. The van der Waals surface area contributed by atoms with Gasteiger partial charge < -0.3 is 10.3 Å². The second-order valence-corrected chi connectivity index (χ2v) is 5.62. The predicted molar refractivity (Wildman–Crippen MR) is 80.3 cm³/mol. The van der Waals surface area contributed by atoms with Gasteiger partial charge in [0.25, 0.3) is 5.56 Å². The van der Waals surface area contributed by atoms with E-state index >= 15 is 0 Å². The summed E-state index contributed by atoms with van der Waals surface area (Å²) in [6, 6.07) is 10.3. The van der Waals surface area contributed by atoms with E-state index in [1.165, 1.54) is 0 Å². The Morgan fingerprint density at radius 1 is 1.21 bits per heavy atom. The molecule has 0 saturated carbocycles. The summed E-state index contributed by atoms with van der Waals surface area (Å²) in [6.45, 7) is 7.20. The van der Waals surface area contributed by atoms with E-state index in [0.717, 1.165) is 22.9 Å². The lowest BCUT2D eigenvalue weighted by Gasteiger charge is -2.15. The van der Waals surface area contributed by atoms with Crippen LogP contribution in [-0.2, 0) is 6.54 Å². The van der Waals surface area contributed by atoms with Crippen molar-refractivity contribution in [1.82, 2.24) is 10.3 Å². The number of benzene rings is 1. The van der Waals surface area contributed by atoms with Crippen LogP contribution in [0.5, 0.6) is 0 Å². The normalized spacial score (nSPS) is 13.1. The van der Waals surface area contributed by atoms with Gasteiger partial charge in [0.2, 0.25) is 0 Å². The molecule has 0 aliphatic heterocycles. The molecule has 0 saturated heterocycles. The maximum atomic E-state index is 12.0. The topological polar surface area (TPSA) is 44.9 Å². The van der Waals surface area contributed by atoms with Crippen molar-refractivity contribution in [2.75, 3.05) is 0 Å². The predicted octanol–water partition coefficient (Wildman–Crippen LogP) is 3.05. The molecule has 19 heavy (non-hydrogen) atoms. The van der Waals surface area contributed by atoms with E-state index < -0.39 is 0 Å². The number of rotatable bonds is 5. The van der Waals surface area contributed by atoms with Crippen LogP contribution in [0.1, 0.15) is 32.8 Å². The molecule has 1 aromatic carbocycles. The van der Waals surface area contributed by atoms with Gasteiger partial charge >= 0.3 is 0 Å². The van der Waals surface area contributed by atoms with E-state index in [1.54, 1.807) is 0 Å². The molecule has 3 nitrogen and oxygen atoms in total. The van der Waals surface area contributed by atoms with E-state index in [1.807, 2.05) is 30.3 Å². The van der Waals surface area contributed by atoms with Crippen molar-refractivity contribution in [3.05, 3.63) is 46.2 Å². The molecule has 0 bridgehead atoms. The number of fused-ring (bicyclic) bond motifs is 1. The van der Waals surface area contributed by atoms with Gasteiger partial charge in [0, 0.05) is 23.7 Å². The van der Waals surface area contributed by atoms with Crippen LogP contribution in [0.15, 0.2) is 35.1 Å². The van der Waals surface area contributed by atoms with Crippen LogP contribution >= 0.6 is 0 Å². The van der Waals surface area contributed by atoms with Crippen LogP contribution < -0.4 is 10.9 Å². The van der Waals surface area contributed by atoms with Crippen molar-refractivity contribution in [3.63, 3.8) is 0 Å². The van der Waals surface area contributed by atoms with Crippen molar-refractivity contribution in [3.8, 4) is 0 Å². The van der Waals surface area contributed by atoms with E-state index in [4.69, 9.17) is 0 Å². The molecule has 3 heteroatoms. The molecule has 0 aliphatic carbocycles. The van der Waals surface area contributed by atoms with Crippen LogP contribution in [0.2, 0.25) is 0 Å². The van der Waals surface area contributed by atoms with Crippen molar-refractivity contribution < 1.29 is 0 Å². The third-order valence-corrected chi connectivity index (χ3v) is 3.30. The van der Waals surface area contributed by atoms with Gasteiger partial charge in [-0.15, -0.1) is 0 Å². The standard InChI is InChI=1S/C16H22N2O/c1-11(2)8-12(3)17-10-14-9-13-6-4-5-7-15(13)18-16(14)19/h4-7,9,11-12,17H,8,10H2,1-3H3,(H,18,19). The van der Waals surface area contributed by atoms with Crippen LogP contribution in [0, 0.1) is 5.92 Å². The van der Waals surface area contributed by atoms with Gasteiger partial charge in [0.05, 0.1) is 0 Å². The van der Waals surface area contributed by atoms with Gasteiger partial charge in [0.1, 0.15) is 0 Å². The van der Waals surface area contributed by atoms with Gasteiger partial charge in [-0.2, -0.15) is 0 Å². The van der Waals surface area contributed by atoms with E-state index in [-0.39, 0.29) is 5.56 Å². The fraction of sp³-hybridized carbons (Fsp3) is 0.438. The Balaban J connectivity index is 2.12. The average molecular weight is 258 g/mol. The lowest BCUT2D eigenvalue weighted by atomic mass is 10.0. The van der Waals surface area contributed by atoms with E-state index in [0.29, 0.717) is 18.5 Å². The highest BCUT2D eigenvalue weighted by Crippen LogP contribution is 2.10. The van der Waals surface area contributed by atoms with Gasteiger partial charge in [-0.05, 0) is 36.8 Å². The lowest BCUT2D eigenvalue weighted by Crippen LogP contribution is -2.29. The highest BCUT2D eigenvalue weighted by atomic mass is 16.1. The monoisotopic (exact) mass is 258 g/mol. The molecule has 0 spiro atoms. The number of nitrogens with one attached hydrogen (secondary N) is 2.